The van der Waals surface area contributed by atoms with Gasteiger partial charge in [0.05, 0.1) is 40.4 Å². The first-order valence-corrected chi connectivity index (χ1v) is 13.2. The minimum atomic E-state index is -0.0517. The van der Waals surface area contributed by atoms with Gasteiger partial charge in [-0.25, -0.2) is 9.67 Å². The molecule has 0 radical (unpaired) electrons. The number of thiophene rings is 1. The molecule has 2 unspecified atom stereocenters. The van der Waals surface area contributed by atoms with Crippen molar-refractivity contribution in [2.75, 3.05) is 50.0 Å². The number of fused-ring (bicyclic) bond motifs is 2. The van der Waals surface area contributed by atoms with E-state index in [0.29, 0.717) is 40.7 Å². The fraction of sp³-hybridized carbons (Fsp3) is 0.458. The van der Waals surface area contributed by atoms with E-state index >= 15 is 0 Å². The van der Waals surface area contributed by atoms with Crippen LogP contribution in [0.1, 0.15) is 15.2 Å². The summed E-state index contributed by atoms with van der Waals surface area (Å²) in [4.78, 5) is 25.0. The number of rotatable bonds is 8. The maximum atomic E-state index is 12.8. The Hall–Kier alpha value is -3.55. The van der Waals surface area contributed by atoms with Crippen molar-refractivity contribution in [1.82, 2.24) is 39.7 Å². The van der Waals surface area contributed by atoms with E-state index in [4.69, 9.17) is 4.74 Å². The monoisotopic (exact) mass is 522 g/mol. The van der Waals surface area contributed by atoms with Gasteiger partial charge in [0.1, 0.15) is 0 Å². The molecular weight excluding hydrogens is 492 g/mol. The van der Waals surface area contributed by atoms with E-state index < -0.39 is 0 Å². The highest BCUT2D eigenvalue weighted by atomic mass is 32.1. The van der Waals surface area contributed by atoms with Crippen molar-refractivity contribution in [3.05, 3.63) is 35.1 Å². The van der Waals surface area contributed by atoms with Crippen molar-refractivity contribution in [2.45, 2.75) is 6.92 Å². The lowest BCUT2D eigenvalue weighted by atomic mass is 10.0. The largest absolute Gasteiger partial charge is 0.381 e. The zero-order valence-electron chi connectivity index (χ0n) is 21.1. The fourth-order valence-corrected chi connectivity index (χ4v) is 6.00. The summed E-state index contributed by atoms with van der Waals surface area (Å²) in [7, 11) is 3.69. The summed E-state index contributed by atoms with van der Waals surface area (Å²) in [5.74, 6) is 2.37. The Balaban J connectivity index is 1.09. The number of anilines is 4. The van der Waals surface area contributed by atoms with E-state index in [-0.39, 0.29) is 5.91 Å². The second kappa shape index (κ2) is 9.72. The lowest BCUT2D eigenvalue weighted by molar-refractivity contribution is 0.0951. The van der Waals surface area contributed by atoms with Crippen molar-refractivity contribution in [1.29, 1.82) is 0 Å². The molecule has 2 fully saturated rings. The van der Waals surface area contributed by atoms with Crippen LogP contribution in [0.25, 0.3) is 11.0 Å². The first kappa shape index (κ1) is 23.8. The third kappa shape index (κ3) is 4.89. The van der Waals surface area contributed by atoms with Crippen LogP contribution in [0.4, 0.5) is 22.5 Å². The molecule has 4 aromatic heterocycles. The molecule has 6 heterocycles. The topological polar surface area (TPSA) is 127 Å². The summed E-state index contributed by atoms with van der Waals surface area (Å²) in [6.45, 7) is 7.36. The van der Waals surface area contributed by atoms with Crippen LogP contribution in [0.5, 0.6) is 0 Å². The van der Waals surface area contributed by atoms with E-state index in [1.54, 1.807) is 21.8 Å². The van der Waals surface area contributed by atoms with Crippen LogP contribution >= 0.6 is 11.3 Å². The standard InChI is InChI=1S/C24H30N10O2S/c1-14-6-19(22(35)25-4-5-34-9-15-12-36-13-16(15)10-34)37-23(14)29-20-18-8-26-24(30-21(18)33(3)31-20)28-17-7-27-32(2)11-17/h6-8,11,15-16H,4-5,9-10,12-13H2,1-3H3,(H,25,35)(H,29,31)(H,26,28,30). The molecule has 13 heteroatoms. The SMILES string of the molecule is Cc1cc(C(=O)NCCN2CC3COCC3C2)sc1Nc1nn(C)c2nc(Nc3cnn(C)c3)ncc12. The second-order valence-corrected chi connectivity index (χ2v) is 10.8. The van der Waals surface area contributed by atoms with Crippen LogP contribution < -0.4 is 16.0 Å². The Morgan fingerprint density at radius 2 is 2.00 bits per heavy atom. The van der Waals surface area contributed by atoms with Gasteiger partial charge in [-0.2, -0.15) is 15.2 Å². The number of hydrogen-bond acceptors (Lipinski definition) is 10. The maximum absolute atomic E-state index is 12.8. The number of ether oxygens (including phenoxy) is 1. The molecule has 194 valence electrons. The van der Waals surface area contributed by atoms with Crippen molar-refractivity contribution < 1.29 is 9.53 Å². The minimum absolute atomic E-state index is 0.0517. The van der Waals surface area contributed by atoms with Crippen LogP contribution in [0, 0.1) is 18.8 Å². The number of aryl methyl sites for hydroxylation is 3. The van der Waals surface area contributed by atoms with Crippen molar-refractivity contribution >= 4 is 50.7 Å². The van der Waals surface area contributed by atoms with Crippen molar-refractivity contribution in [3.8, 4) is 0 Å². The van der Waals surface area contributed by atoms with Gasteiger partial charge in [-0.3, -0.25) is 9.48 Å². The third-order valence-corrected chi connectivity index (χ3v) is 8.10. The number of hydrogen-bond donors (Lipinski definition) is 3. The van der Waals surface area contributed by atoms with Gasteiger partial charge in [0.15, 0.2) is 11.5 Å². The van der Waals surface area contributed by atoms with Crippen LogP contribution in [0.15, 0.2) is 24.7 Å². The summed E-state index contributed by atoms with van der Waals surface area (Å²) in [6.07, 6.45) is 5.30. The molecule has 0 saturated carbocycles. The van der Waals surface area contributed by atoms with Gasteiger partial charge in [0.2, 0.25) is 5.95 Å². The number of carbonyl (C=O) groups excluding carboxylic acids is 1. The zero-order chi connectivity index (χ0) is 25.5. The first-order valence-electron chi connectivity index (χ1n) is 12.3. The predicted octanol–water partition coefficient (Wildman–Crippen LogP) is 2.26. The van der Waals surface area contributed by atoms with Crippen molar-refractivity contribution in [2.24, 2.45) is 25.9 Å². The highest BCUT2D eigenvalue weighted by Crippen LogP contribution is 2.33. The molecule has 6 rings (SSSR count). The number of nitrogens with zero attached hydrogens (tertiary/aromatic N) is 7. The summed E-state index contributed by atoms with van der Waals surface area (Å²) in [5.41, 5.74) is 2.48. The highest BCUT2D eigenvalue weighted by Gasteiger charge is 2.36. The molecule has 0 spiro atoms. The summed E-state index contributed by atoms with van der Waals surface area (Å²) in [5, 5.41) is 20.0. The summed E-state index contributed by atoms with van der Waals surface area (Å²) in [6, 6.07) is 1.91. The lowest BCUT2D eigenvalue weighted by Gasteiger charge is -2.16. The Morgan fingerprint density at radius 1 is 1.19 bits per heavy atom. The van der Waals surface area contributed by atoms with Gasteiger partial charge in [-0.1, -0.05) is 0 Å². The molecule has 2 saturated heterocycles. The average molecular weight is 523 g/mol. The Bertz CT molecular complexity index is 1430. The summed E-state index contributed by atoms with van der Waals surface area (Å²) >= 11 is 1.42. The molecular formula is C24H30N10O2S. The van der Waals surface area contributed by atoms with Gasteiger partial charge in [0.25, 0.3) is 5.91 Å². The molecule has 4 aromatic rings. The average Bonchev–Trinajstić information content (AvgIpc) is 3.67. The Morgan fingerprint density at radius 3 is 2.76 bits per heavy atom. The molecule has 2 atom stereocenters. The molecule has 37 heavy (non-hydrogen) atoms. The first-order chi connectivity index (χ1) is 17.9. The summed E-state index contributed by atoms with van der Waals surface area (Å²) < 4.78 is 8.97. The van der Waals surface area contributed by atoms with Gasteiger partial charge >= 0.3 is 0 Å². The number of aromatic nitrogens is 6. The quantitative estimate of drug-likeness (QED) is 0.319. The van der Waals surface area contributed by atoms with Crippen LogP contribution in [-0.4, -0.2) is 79.7 Å². The van der Waals surface area contributed by atoms with Crippen LogP contribution in [0.3, 0.4) is 0 Å². The van der Waals surface area contributed by atoms with Crippen LogP contribution in [-0.2, 0) is 18.8 Å². The van der Waals surface area contributed by atoms with E-state index in [1.165, 1.54) is 11.3 Å². The Kier molecular flexibility index (Phi) is 6.26. The molecule has 2 aliphatic heterocycles. The smallest absolute Gasteiger partial charge is 0.261 e. The normalized spacial score (nSPS) is 19.4. The van der Waals surface area contributed by atoms with Gasteiger partial charge in [-0.05, 0) is 18.6 Å². The molecule has 1 amide bonds. The highest BCUT2D eigenvalue weighted by molar-refractivity contribution is 7.18. The molecule has 3 N–H and O–H groups in total. The molecule has 0 bridgehead atoms. The molecule has 0 aliphatic carbocycles. The zero-order valence-corrected chi connectivity index (χ0v) is 21.9. The second-order valence-electron chi connectivity index (χ2n) is 9.75. The van der Waals surface area contributed by atoms with E-state index in [1.807, 2.05) is 33.3 Å². The number of amides is 1. The fourth-order valence-electron chi connectivity index (χ4n) is 5.01. The van der Waals surface area contributed by atoms with Crippen LogP contribution in [0.2, 0.25) is 0 Å². The van der Waals surface area contributed by atoms with Gasteiger partial charge in [0, 0.05) is 64.5 Å². The number of nitrogens with one attached hydrogen (secondary N) is 3. The molecule has 2 aliphatic rings. The minimum Gasteiger partial charge on any atom is -0.381 e. The van der Waals surface area contributed by atoms with E-state index in [2.05, 4.69) is 41.0 Å². The maximum Gasteiger partial charge on any atom is 0.261 e. The van der Waals surface area contributed by atoms with Gasteiger partial charge in [-0.15, -0.1) is 11.3 Å². The molecule has 0 aromatic carbocycles. The lowest BCUT2D eigenvalue weighted by Crippen LogP contribution is -2.34. The van der Waals surface area contributed by atoms with Gasteiger partial charge < -0.3 is 25.6 Å². The van der Waals surface area contributed by atoms with Crippen molar-refractivity contribution in [3.63, 3.8) is 0 Å². The number of carbonyl (C=O) groups is 1. The predicted molar refractivity (Wildman–Crippen MR) is 142 cm³/mol. The third-order valence-electron chi connectivity index (χ3n) is 6.94. The van der Waals surface area contributed by atoms with E-state index in [9.17, 15) is 4.79 Å². The number of likely N-dealkylation sites (tertiary alicyclic amines) is 1. The molecule has 12 nitrogen and oxygen atoms in total. The van der Waals surface area contributed by atoms with E-state index in [0.717, 1.165) is 54.5 Å². The Labute approximate surface area is 218 Å².